The highest BCUT2D eigenvalue weighted by Crippen LogP contribution is 2.44. The molecule has 0 aromatic carbocycles. The molecule has 1 unspecified atom stereocenters. The van der Waals surface area contributed by atoms with Crippen LogP contribution in [0.1, 0.15) is 22.8 Å². The van der Waals surface area contributed by atoms with Gasteiger partial charge in [-0.05, 0) is 18.4 Å². The summed E-state index contributed by atoms with van der Waals surface area (Å²) in [6.45, 7) is 0. The Morgan fingerprint density at radius 1 is 1.56 bits per heavy atom. The summed E-state index contributed by atoms with van der Waals surface area (Å²) < 4.78 is 0. The van der Waals surface area contributed by atoms with Crippen molar-refractivity contribution in [3.05, 3.63) is 16.8 Å². The first kappa shape index (κ1) is 9.53. The maximum absolute atomic E-state index is 11.1. The van der Waals surface area contributed by atoms with Gasteiger partial charge in [0.05, 0.1) is 11.3 Å². The number of fused-ring (bicyclic) bond motifs is 3. The van der Waals surface area contributed by atoms with Gasteiger partial charge in [-0.1, -0.05) is 0 Å². The monoisotopic (exact) mass is 235 g/mol. The van der Waals surface area contributed by atoms with E-state index in [0.717, 1.165) is 27.1 Å². The molecule has 0 aliphatic heterocycles. The van der Waals surface area contributed by atoms with E-state index in [4.69, 9.17) is 10.8 Å². The number of carboxylic acid groups (broad SMARTS) is 1. The van der Waals surface area contributed by atoms with Crippen LogP contribution in [-0.2, 0) is 11.2 Å². The lowest BCUT2D eigenvalue weighted by molar-refractivity contribution is -0.138. The minimum absolute atomic E-state index is 0.385. The second-order valence-electron chi connectivity index (χ2n) is 3.81. The van der Waals surface area contributed by atoms with E-state index in [-0.39, 0.29) is 0 Å². The normalized spacial score (nSPS) is 18.9. The summed E-state index contributed by atoms with van der Waals surface area (Å²) in [6, 6.07) is 0. The molecular weight excluding hydrogens is 226 g/mol. The number of carboxylic acids is 1. The number of aromatic nitrogens is 2. The summed E-state index contributed by atoms with van der Waals surface area (Å²) in [5.74, 6) is -0.852. The van der Waals surface area contributed by atoms with E-state index in [1.165, 1.54) is 17.7 Å². The predicted octanol–water partition coefficient (Wildman–Crippen LogP) is 1.39. The maximum atomic E-state index is 11.1. The zero-order valence-corrected chi connectivity index (χ0v) is 9.12. The molecule has 16 heavy (non-hydrogen) atoms. The molecule has 1 aliphatic rings. The number of aliphatic carboxylic acids is 1. The molecule has 2 heterocycles. The van der Waals surface area contributed by atoms with Crippen LogP contribution in [0.3, 0.4) is 0 Å². The molecule has 0 saturated carbocycles. The summed E-state index contributed by atoms with van der Waals surface area (Å²) in [4.78, 5) is 21.1. The second-order valence-corrected chi connectivity index (χ2v) is 4.89. The molecule has 2 aromatic rings. The van der Waals surface area contributed by atoms with E-state index < -0.39 is 11.9 Å². The van der Waals surface area contributed by atoms with Crippen LogP contribution in [0.25, 0.3) is 10.2 Å². The smallest absolute Gasteiger partial charge is 0.311 e. The Morgan fingerprint density at radius 3 is 3.12 bits per heavy atom. The fraction of sp³-hybridized carbons (Fsp3) is 0.300. The van der Waals surface area contributed by atoms with Crippen LogP contribution in [0.2, 0.25) is 0 Å². The van der Waals surface area contributed by atoms with E-state index in [1.807, 2.05) is 0 Å². The van der Waals surface area contributed by atoms with Crippen LogP contribution < -0.4 is 5.73 Å². The van der Waals surface area contributed by atoms with Gasteiger partial charge in [-0.3, -0.25) is 4.79 Å². The van der Waals surface area contributed by atoms with Gasteiger partial charge in [-0.15, -0.1) is 11.3 Å². The molecule has 0 radical (unpaired) electrons. The topological polar surface area (TPSA) is 89.1 Å². The van der Waals surface area contributed by atoms with Crippen LogP contribution in [0, 0.1) is 0 Å². The van der Waals surface area contributed by atoms with E-state index in [0.29, 0.717) is 12.2 Å². The number of anilines is 1. The molecule has 3 rings (SSSR count). The number of hydrogen-bond acceptors (Lipinski definition) is 5. The first-order valence-corrected chi connectivity index (χ1v) is 5.74. The van der Waals surface area contributed by atoms with Gasteiger partial charge in [-0.2, -0.15) is 0 Å². The SMILES string of the molecule is Nc1ncnc2sc3c(c12)C(C(=O)O)CC3. The number of carbonyl (C=O) groups is 1. The molecule has 5 nitrogen and oxygen atoms in total. The molecule has 0 bridgehead atoms. The summed E-state index contributed by atoms with van der Waals surface area (Å²) >= 11 is 1.53. The molecule has 0 saturated heterocycles. The van der Waals surface area contributed by atoms with Crippen molar-refractivity contribution in [1.82, 2.24) is 9.97 Å². The van der Waals surface area contributed by atoms with Crippen molar-refractivity contribution in [2.75, 3.05) is 5.73 Å². The third-order valence-electron chi connectivity index (χ3n) is 2.94. The highest BCUT2D eigenvalue weighted by atomic mass is 32.1. The van der Waals surface area contributed by atoms with Crippen LogP contribution in [0.5, 0.6) is 0 Å². The number of thiophene rings is 1. The van der Waals surface area contributed by atoms with Gasteiger partial charge in [0, 0.05) is 4.88 Å². The molecule has 1 aliphatic carbocycles. The van der Waals surface area contributed by atoms with Crippen LogP contribution >= 0.6 is 11.3 Å². The lowest BCUT2D eigenvalue weighted by atomic mass is 10.0. The predicted molar refractivity (Wildman–Crippen MR) is 60.5 cm³/mol. The minimum atomic E-state index is -0.790. The van der Waals surface area contributed by atoms with Crippen molar-refractivity contribution in [3.63, 3.8) is 0 Å². The molecule has 3 N–H and O–H groups in total. The molecule has 0 fully saturated rings. The second kappa shape index (κ2) is 3.15. The van der Waals surface area contributed by atoms with Gasteiger partial charge in [0.2, 0.25) is 0 Å². The van der Waals surface area contributed by atoms with Gasteiger partial charge >= 0.3 is 5.97 Å². The van der Waals surface area contributed by atoms with Crippen molar-refractivity contribution < 1.29 is 9.90 Å². The van der Waals surface area contributed by atoms with E-state index in [9.17, 15) is 4.79 Å². The molecule has 6 heteroatoms. The summed E-state index contributed by atoms with van der Waals surface area (Å²) in [7, 11) is 0. The third-order valence-corrected chi connectivity index (χ3v) is 4.11. The Labute approximate surface area is 94.9 Å². The summed E-state index contributed by atoms with van der Waals surface area (Å²) in [5, 5.41) is 9.89. The van der Waals surface area contributed by atoms with E-state index in [2.05, 4.69) is 9.97 Å². The largest absolute Gasteiger partial charge is 0.481 e. The Hall–Kier alpha value is -1.69. The van der Waals surface area contributed by atoms with Crippen LogP contribution in [0.15, 0.2) is 6.33 Å². The molecule has 0 amide bonds. The standard InChI is InChI=1S/C10H9N3O2S/c11-8-7-6-4(10(14)15)1-2-5(6)16-9(7)13-3-12-8/h3-4H,1-2H2,(H,14,15)(H2,11,12,13). The van der Waals surface area contributed by atoms with Crippen molar-refractivity contribution in [2.24, 2.45) is 0 Å². The minimum Gasteiger partial charge on any atom is -0.481 e. The van der Waals surface area contributed by atoms with Gasteiger partial charge < -0.3 is 10.8 Å². The highest BCUT2D eigenvalue weighted by molar-refractivity contribution is 7.19. The highest BCUT2D eigenvalue weighted by Gasteiger charge is 2.33. The van der Waals surface area contributed by atoms with Gasteiger partial charge in [-0.25, -0.2) is 9.97 Å². The van der Waals surface area contributed by atoms with Crippen LogP contribution in [-0.4, -0.2) is 21.0 Å². The molecular formula is C10H9N3O2S. The first-order valence-electron chi connectivity index (χ1n) is 4.93. The third kappa shape index (κ3) is 1.13. The number of nitrogen functional groups attached to an aromatic ring is 1. The van der Waals surface area contributed by atoms with Gasteiger partial charge in [0.1, 0.15) is 17.0 Å². The number of rotatable bonds is 1. The fourth-order valence-corrected chi connectivity index (χ4v) is 3.47. The molecule has 82 valence electrons. The lowest BCUT2D eigenvalue weighted by Crippen LogP contribution is -2.08. The zero-order chi connectivity index (χ0) is 11.3. The number of hydrogen-bond donors (Lipinski definition) is 2. The summed E-state index contributed by atoms with van der Waals surface area (Å²) in [6.07, 6.45) is 2.87. The number of nitrogens with two attached hydrogens (primary N) is 1. The average Bonchev–Trinajstić information content (AvgIpc) is 2.74. The number of nitrogens with zero attached hydrogens (tertiary/aromatic N) is 2. The lowest BCUT2D eigenvalue weighted by Gasteiger charge is -2.05. The molecule has 2 aromatic heterocycles. The van der Waals surface area contributed by atoms with E-state index in [1.54, 1.807) is 0 Å². The van der Waals surface area contributed by atoms with Gasteiger partial charge in [0.25, 0.3) is 0 Å². The Bertz CT molecular complexity index is 593. The van der Waals surface area contributed by atoms with Crippen molar-refractivity contribution in [2.45, 2.75) is 18.8 Å². The van der Waals surface area contributed by atoms with E-state index >= 15 is 0 Å². The fourth-order valence-electron chi connectivity index (χ4n) is 2.24. The quantitative estimate of drug-likeness (QED) is 0.779. The average molecular weight is 235 g/mol. The van der Waals surface area contributed by atoms with Crippen molar-refractivity contribution >= 4 is 33.3 Å². The number of aryl methyl sites for hydroxylation is 1. The Balaban J connectivity index is 2.34. The molecule has 0 spiro atoms. The Kier molecular flexibility index (Phi) is 1.88. The zero-order valence-electron chi connectivity index (χ0n) is 8.30. The van der Waals surface area contributed by atoms with Crippen molar-refractivity contribution in [3.8, 4) is 0 Å². The van der Waals surface area contributed by atoms with Crippen LogP contribution in [0.4, 0.5) is 5.82 Å². The van der Waals surface area contributed by atoms with Gasteiger partial charge in [0.15, 0.2) is 0 Å². The van der Waals surface area contributed by atoms with Crippen molar-refractivity contribution in [1.29, 1.82) is 0 Å². The summed E-state index contributed by atoms with van der Waals surface area (Å²) in [5.41, 5.74) is 6.64. The maximum Gasteiger partial charge on any atom is 0.311 e. The Morgan fingerprint density at radius 2 is 2.38 bits per heavy atom. The first-order chi connectivity index (χ1) is 7.68. The molecule has 1 atom stereocenters.